The Morgan fingerprint density at radius 2 is 2.14 bits per heavy atom. The molecule has 5 heteroatoms. The first-order valence-corrected chi connectivity index (χ1v) is 8.41. The highest BCUT2D eigenvalue weighted by Gasteiger charge is 2.39. The standard InChI is InChI=1S/C17H27N3O2/c1-3-4-10-17(19-20-17)11-9-16(21)18-12-13-22-15-8-6-5-7-14(15)2/h1,14-15H,4-13H2,2H3,(H,18,21). The lowest BCUT2D eigenvalue weighted by Gasteiger charge is -2.28. The molecule has 1 fully saturated rings. The van der Waals surface area contributed by atoms with Gasteiger partial charge in [0.2, 0.25) is 5.91 Å². The second-order valence-corrected chi connectivity index (χ2v) is 6.41. The largest absolute Gasteiger partial charge is 0.376 e. The molecule has 0 aromatic heterocycles. The number of ether oxygens (including phenoxy) is 1. The summed E-state index contributed by atoms with van der Waals surface area (Å²) in [5, 5.41) is 11.0. The molecule has 22 heavy (non-hydrogen) atoms. The van der Waals surface area contributed by atoms with Gasteiger partial charge in [-0.3, -0.25) is 4.79 Å². The van der Waals surface area contributed by atoms with Crippen LogP contribution in [-0.4, -0.2) is 30.8 Å². The van der Waals surface area contributed by atoms with Gasteiger partial charge >= 0.3 is 0 Å². The van der Waals surface area contributed by atoms with E-state index in [0.29, 0.717) is 44.4 Å². The zero-order chi connectivity index (χ0) is 15.8. The van der Waals surface area contributed by atoms with Gasteiger partial charge in [-0.05, 0) is 18.8 Å². The van der Waals surface area contributed by atoms with Crippen LogP contribution in [0.4, 0.5) is 0 Å². The Morgan fingerprint density at radius 3 is 2.82 bits per heavy atom. The highest BCUT2D eigenvalue weighted by molar-refractivity contribution is 5.75. The molecule has 1 amide bonds. The van der Waals surface area contributed by atoms with E-state index in [1.54, 1.807) is 0 Å². The lowest BCUT2D eigenvalue weighted by molar-refractivity contribution is -0.121. The highest BCUT2D eigenvalue weighted by atomic mass is 16.5. The van der Waals surface area contributed by atoms with E-state index in [1.165, 1.54) is 19.3 Å². The third-order valence-corrected chi connectivity index (χ3v) is 4.59. The number of hydrogen-bond donors (Lipinski definition) is 1. The van der Waals surface area contributed by atoms with Crippen molar-refractivity contribution in [1.82, 2.24) is 5.32 Å². The molecule has 0 bridgehead atoms. The van der Waals surface area contributed by atoms with Crippen molar-refractivity contribution in [2.45, 2.75) is 70.1 Å². The van der Waals surface area contributed by atoms with Crippen LogP contribution in [0.15, 0.2) is 10.2 Å². The Kier molecular flexibility index (Phi) is 6.38. The Balaban J connectivity index is 1.52. The number of nitrogens with one attached hydrogen (secondary N) is 1. The van der Waals surface area contributed by atoms with Gasteiger partial charge in [-0.2, -0.15) is 10.2 Å². The average molecular weight is 305 g/mol. The van der Waals surface area contributed by atoms with E-state index in [-0.39, 0.29) is 11.6 Å². The summed E-state index contributed by atoms with van der Waals surface area (Å²) < 4.78 is 5.88. The van der Waals surface area contributed by atoms with Gasteiger partial charge in [0, 0.05) is 32.2 Å². The molecular weight excluding hydrogens is 278 g/mol. The van der Waals surface area contributed by atoms with Crippen LogP contribution in [0.25, 0.3) is 0 Å². The number of nitrogens with zero attached hydrogens (tertiary/aromatic N) is 2. The molecule has 1 aliphatic heterocycles. The minimum absolute atomic E-state index is 0.0395. The van der Waals surface area contributed by atoms with E-state index in [4.69, 9.17) is 11.2 Å². The van der Waals surface area contributed by atoms with Crippen molar-refractivity contribution in [3.63, 3.8) is 0 Å². The molecule has 2 rings (SSSR count). The molecule has 0 radical (unpaired) electrons. The number of carbonyl (C=O) groups excluding carboxylic acids is 1. The van der Waals surface area contributed by atoms with Gasteiger partial charge in [-0.1, -0.05) is 19.8 Å². The molecule has 122 valence electrons. The van der Waals surface area contributed by atoms with Crippen LogP contribution in [-0.2, 0) is 9.53 Å². The maximum Gasteiger partial charge on any atom is 0.220 e. The Labute approximate surface area is 133 Å². The molecule has 5 nitrogen and oxygen atoms in total. The van der Waals surface area contributed by atoms with E-state index >= 15 is 0 Å². The van der Waals surface area contributed by atoms with Gasteiger partial charge in [0.25, 0.3) is 0 Å². The second kappa shape index (κ2) is 8.28. The fourth-order valence-corrected chi connectivity index (χ4v) is 3.00. The van der Waals surface area contributed by atoms with Crippen molar-refractivity contribution in [3.8, 4) is 12.3 Å². The molecule has 1 saturated carbocycles. The summed E-state index contributed by atoms with van der Waals surface area (Å²) >= 11 is 0. The SMILES string of the molecule is C#CCCC1(CCC(=O)NCCOC2CCCCC2C)N=N1. The number of amides is 1. The molecule has 0 saturated heterocycles. The van der Waals surface area contributed by atoms with Gasteiger partial charge < -0.3 is 10.1 Å². The molecule has 0 spiro atoms. The van der Waals surface area contributed by atoms with Crippen molar-refractivity contribution in [1.29, 1.82) is 0 Å². The Morgan fingerprint density at radius 1 is 1.36 bits per heavy atom. The molecule has 1 heterocycles. The Bertz CT molecular complexity index is 436. The van der Waals surface area contributed by atoms with E-state index in [1.807, 2.05) is 0 Å². The lowest BCUT2D eigenvalue weighted by atomic mass is 9.88. The maximum atomic E-state index is 11.8. The first-order chi connectivity index (χ1) is 10.7. The van der Waals surface area contributed by atoms with E-state index < -0.39 is 0 Å². The van der Waals surface area contributed by atoms with Gasteiger partial charge in [0.05, 0.1) is 12.7 Å². The first-order valence-electron chi connectivity index (χ1n) is 8.41. The van der Waals surface area contributed by atoms with Gasteiger partial charge in [0.1, 0.15) is 0 Å². The predicted octanol–water partition coefficient (Wildman–Crippen LogP) is 3.05. The summed E-state index contributed by atoms with van der Waals surface area (Å²) in [5.41, 5.74) is -0.363. The number of hydrogen-bond acceptors (Lipinski definition) is 4. The zero-order valence-corrected chi connectivity index (χ0v) is 13.5. The van der Waals surface area contributed by atoms with Crippen molar-refractivity contribution in [2.75, 3.05) is 13.2 Å². The quantitative estimate of drug-likeness (QED) is 0.525. The van der Waals surface area contributed by atoms with Crippen LogP contribution < -0.4 is 5.32 Å². The Hall–Kier alpha value is -1.41. The van der Waals surface area contributed by atoms with E-state index in [2.05, 4.69) is 28.4 Å². The van der Waals surface area contributed by atoms with Crippen molar-refractivity contribution >= 4 is 5.91 Å². The molecule has 2 aliphatic rings. The van der Waals surface area contributed by atoms with Crippen molar-refractivity contribution in [2.24, 2.45) is 16.1 Å². The van der Waals surface area contributed by atoms with Gasteiger partial charge in [-0.15, -0.1) is 12.3 Å². The third kappa shape index (κ3) is 5.42. The maximum absolute atomic E-state index is 11.8. The van der Waals surface area contributed by atoms with Crippen LogP contribution in [0.5, 0.6) is 0 Å². The van der Waals surface area contributed by atoms with E-state index in [0.717, 1.165) is 12.8 Å². The summed E-state index contributed by atoms with van der Waals surface area (Å²) in [6.07, 6.45) is 13.1. The van der Waals surface area contributed by atoms with Crippen molar-refractivity contribution in [3.05, 3.63) is 0 Å². The summed E-state index contributed by atoms with van der Waals surface area (Å²) in [7, 11) is 0. The molecule has 1 N–H and O–H groups in total. The normalized spacial score (nSPS) is 25.5. The molecule has 2 atom stereocenters. The van der Waals surface area contributed by atoms with Gasteiger partial charge in [0.15, 0.2) is 5.66 Å². The minimum atomic E-state index is -0.363. The molecule has 2 unspecified atom stereocenters. The summed E-state index contributed by atoms with van der Waals surface area (Å²) in [6, 6.07) is 0. The van der Waals surface area contributed by atoms with Gasteiger partial charge in [-0.25, -0.2) is 0 Å². The van der Waals surface area contributed by atoms with E-state index in [9.17, 15) is 4.79 Å². The average Bonchev–Trinajstić information content (AvgIpc) is 3.30. The van der Waals surface area contributed by atoms with Crippen LogP contribution in [0, 0.1) is 18.3 Å². The van der Waals surface area contributed by atoms with Crippen LogP contribution >= 0.6 is 0 Å². The molecular formula is C17H27N3O2. The summed E-state index contributed by atoms with van der Waals surface area (Å²) in [6.45, 7) is 3.42. The third-order valence-electron chi connectivity index (χ3n) is 4.59. The molecule has 0 aromatic rings. The second-order valence-electron chi connectivity index (χ2n) is 6.41. The smallest absolute Gasteiger partial charge is 0.220 e. The number of rotatable bonds is 9. The summed E-state index contributed by atoms with van der Waals surface area (Å²) in [5.74, 6) is 3.27. The summed E-state index contributed by atoms with van der Waals surface area (Å²) in [4.78, 5) is 11.8. The van der Waals surface area contributed by atoms with Crippen molar-refractivity contribution < 1.29 is 9.53 Å². The fraction of sp³-hybridized carbons (Fsp3) is 0.824. The molecule has 0 aromatic carbocycles. The number of carbonyl (C=O) groups is 1. The fourth-order valence-electron chi connectivity index (χ4n) is 3.00. The highest BCUT2D eigenvalue weighted by Crippen LogP contribution is 2.37. The molecule has 1 aliphatic carbocycles. The number of terminal acetylenes is 1. The topological polar surface area (TPSA) is 63.0 Å². The predicted molar refractivity (Wildman–Crippen MR) is 85.3 cm³/mol. The van der Waals surface area contributed by atoms with Crippen LogP contribution in [0.2, 0.25) is 0 Å². The monoisotopic (exact) mass is 305 g/mol. The lowest BCUT2D eigenvalue weighted by Crippen LogP contribution is -2.32. The van der Waals surface area contributed by atoms with Crippen LogP contribution in [0.3, 0.4) is 0 Å². The zero-order valence-electron chi connectivity index (χ0n) is 13.5. The van der Waals surface area contributed by atoms with Crippen LogP contribution in [0.1, 0.15) is 58.3 Å². The minimum Gasteiger partial charge on any atom is -0.376 e. The first kappa shape index (κ1) is 17.0.